The molecule has 0 bridgehead atoms. The minimum absolute atomic E-state index is 0.0104. The number of carbonyl (C=O) groups excluding carboxylic acids is 1. The molecule has 2 N–H and O–H groups in total. The molecule has 0 spiro atoms. The van der Waals surface area contributed by atoms with Crippen LogP contribution in [0.5, 0.6) is 0 Å². The van der Waals surface area contributed by atoms with Crippen molar-refractivity contribution in [3.63, 3.8) is 0 Å². The van der Waals surface area contributed by atoms with Crippen LogP contribution in [0.3, 0.4) is 0 Å². The van der Waals surface area contributed by atoms with E-state index < -0.39 is 10.0 Å². The highest BCUT2D eigenvalue weighted by Crippen LogP contribution is 2.35. The summed E-state index contributed by atoms with van der Waals surface area (Å²) in [5, 5.41) is 3.89. The largest absolute Gasteiger partial charge is 0.461 e. The summed E-state index contributed by atoms with van der Waals surface area (Å²) in [5.74, 6) is 0.347. The molecule has 0 amide bonds. The fraction of sp³-hybridized carbons (Fsp3) is 0.227. The number of hydrogen-bond acceptors (Lipinski definition) is 10. The van der Waals surface area contributed by atoms with Gasteiger partial charge in [0.15, 0.2) is 0 Å². The standard InChI is InChI=1S/C22H22N6O4S2/c1-13(2)11-32-21(29)18-14(3)17-19(25-12-26-20(17)33-18)27-15-5-7-16(8-6-15)34(30,31)28-22-23-9-4-10-24-22/h4-10,12-13H,11H2,1-3H3,(H,23,24,28)(H,25,26,27). The highest BCUT2D eigenvalue weighted by atomic mass is 32.2. The predicted octanol–water partition coefficient (Wildman–Crippen LogP) is 4.15. The molecule has 34 heavy (non-hydrogen) atoms. The maximum atomic E-state index is 12.6. The number of anilines is 3. The van der Waals surface area contributed by atoms with Gasteiger partial charge in [0.25, 0.3) is 10.0 Å². The number of benzene rings is 1. The maximum absolute atomic E-state index is 12.6. The summed E-state index contributed by atoms with van der Waals surface area (Å²) in [4.78, 5) is 30.1. The van der Waals surface area contributed by atoms with Gasteiger partial charge in [0.1, 0.15) is 21.9 Å². The van der Waals surface area contributed by atoms with Gasteiger partial charge in [0, 0.05) is 18.1 Å². The van der Waals surface area contributed by atoms with Crippen LogP contribution < -0.4 is 10.0 Å². The number of ether oxygens (including phenoxy) is 1. The Morgan fingerprint density at radius 2 is 1.79 bits per heavy atom. The van der Waals surface area contributed by atoms with E-state index in [1.165, 1.54) is 42.2 Å². The van der Waals surface area contributed by atoms with Gasteiger partial charge < -0.3 is 10.1 Å². The lowest BCUT2D eigenvalue weighted by Gasteiger charge is -2.10. The van der Waals surface area contributed by atoms with Gasteiger partial charge in [0.2, 0.25) is 5.95 Å². The Morgan fingerprint density at radius 3 is 2.47 bits per heavy atom. The minimum atomic E-state index is -3.84. The van der Waals surface area contributed by atoms with Crippen molar-refractivity contribution in [2.45, 2.75) is 25.7 Å². The van der Waals surface area contributed by atoms with E-state index >= 15 is 0 Å². The van der Waals surface area contributed by atoms with Crippen LogP contribution >= 0.6 is 11.3 Å². The number of aryl methyl sites for hydroxylation is 1. The van der Waals surface area contributed by atoms with E-state index in [2.05, 4.69) is 30.0 Å². The lowest BCUT2D eigenvalue weighted by Crippen LogP contribution is -2.14. The van der Waals surface area contributed by atoms with E-state index in [-0.39, 0.29) is 22.7 Å². The number of sulfonamides is 1. The first-order valence-corrected chi connectivity index (χ1v) is 12.6. The lowest BCUT2D eigenvalue weighted by molar-refractivity contribution is 0.0464. The molecule has 10 nitrogen and oxygen atoms in total. The summed E-state index contributed by atoms with van der Waals surface area (Å²) >= 11 is 1.25. The Balaban J connectivity index is 1.56. The maximum Gasteiger partial charge on any atom is 0.348 e. The lowest BCUT2D eigenvalue weighted by atomic mass is 10.2. The van der Waals surface area contributed by atoms with Gasteiger partial charge >= 0.3 is 5.97 Å². The van der Waals surface area contributed by atoms with E-state index in [9.17, 15) is 13.2 Å². The highest BCUT2D eigenvalue weighted by Gasteiger charge is 2.21. The van der Waals surface area contributed by atoms with Gasteiger partial charge in [-0.15, -0.1) is 11.3 Å². The van der Waals surface area contributed by atoms with Crippen LogP contribution in [0.1, 0.15) is 29.1 Å². The van der Waals surface area contributed by atoms with Crippen molar-refractivity contribution in [1.82, 2.24) is 19.9 Å². The molecular weight excluding hydrogens is 476 g/mol. The Hall–Kier alpha value is -3.64. The number of nitrogens with zero attached hydrogens (tertiary/aromatic N) is 4. The molecule has 3 aromatic heterocycles. The van der Waals surface area contributed by atoms with Crippen LogP contribution in [0.4, 0.5) is 17.5 Å². The molecule has 1 aromatic carbocycles. The van der Waals surface area contributed by atoms with Crippen molar-refractivity contribution in [3.8, 4) is 0 Å². The first kappa shape index (κ1) is 23.5. The monoisotopic (exact) mass is 498 g/mol. The van der Waals surface area contributed by atoms with Gasteiger partial charge in [-0.2, -0.15) is 0 Å². The predicted molar refractivity (Wildman–Crippen MR) is 130 cm³/mol. The van der Waals surface area contributed by atoms with Gasteiger partial charge in [-0.05, 0) is 48.7 Å². The summed E-state index contributed by atoms with van der Waals surface area (Å²) in [5.41, 5.74) is 1.34. The van der Waals surface area contributed by atoms with E-state index in [4.69, 9.17) is 4.74 Å². The molecule has 3 heterocycles. The van der Waals surface area contributed by atoms with Crippen molar-refractivity contribution >= 4 is 55.0 Å². The van der Waals surface area contributed by atoms with Crippen LogP contribution in [-0.2, 0) is 14.8 Å². The van der Waals surface area contributed by atoms with E-state index in [0.717, 1.165) is 5.56 Å². The molecule has 0 aliphatic rings. The third-order valence-corrected chi connectivity index (χ3v) is 7.20. The number of rotatable bonds is 8. The minimum Gasteiger partial charge on any atom is -0.461 e. The van der Waals surface area contributed by atoms with E-state index in [1.807, 2.05) is 20.8 Å². The van der Waals surface area contributed by atoms with Crippen LogP contribution in [-0.4, -0.2) is 40.9 Å². The molecule has 0 saturated carbocycles. The molecule has 12 heteroatoms. The SMILES string of the molecule is Cc1c(C(=O)OCC(C)C)sc2ncnc(Nc3ccc(S(=O)(=O)Nc4ncccn4)cc3)c12. The summed E-state index contributed by atoms with van der Waals surface area (Å²) in [6.45, 7) is 6.11. The summed E-state index contributed by atoms with van der Waals surface area (Å²) in [6.07, 6.45) is 4.30. The van der Waals surface area contributed by atoms with Crippen LogP contribution in [0, 0.1) is 12.8 Å². The Kier molecular flexibility index (Phi) is 6.70. The Labute approximate surface area is 200 Å². The second-order valence-electron chi connectivity index (χ2n) is 7.78. The number of hydrogen-bond donors (Lipinski definition) is 2. The zero-order valence-corrected chi connectivity index (χ0v) is 20.3. The van der Waals surface area contributed by atoms with Crippen LogP contribution in [0.25, 0.3) is 10.2 Å². The van der Waals surface area contributed by atoms with Crippen molar-refractivity contribution in [2.75, 3.05) is 16.6 Å². The fourth-order valence-electron chi connectivity index (χ4n) is 3.05. The van der Waals surface area contributed by atoms with E-state index in [1.54, 1.807) is 18.2 Å². The quantitative estimate of drug-likeness (QED) is 0.343. The number of fused-ring (bicyclic) bond motifs is 1. The van der Waals surface area contributed by atoms with Crippen molar-refractivity contribution in [1.29, 1.82) is 0 Å². The number of nitrogens with one attached hydrogen (secondary N) is 2. The summed E-state index contributed by atoms with van der Waals surface area (Å²) in [6, 6.07) is 7.75. The third-order valence-electron chi connectivity index (χ3n) is 4.68. The smallest absolute Gasteiger partial charge is 0.348 e. The molecule has 0 aliphatic heterocycles. The van der Waals surface area contributed by atoms with Crippen LogP contribution in [0.2, 0.25) is 0 Å². The second-order valence-corrected chi connectivity index (χ2v) is 10.5. The summed E-state index contributed by atoms with van der Waals surface area (Å²) in [7, 11) is -3.84. The third kappa shape index (κ3) is 5.13. The van der Waals surface area contributed by atoms with Crippen molar-refractivity contribution in [3.05, 3.63) is 59.5 Å². The van der Waals surface area contributed by atoms with Crippen molar-refractivity contribution in [2.24, 2.45) is 5.92 Å². The molecule has 0 radical (unpaired) electrons. The molecular formula is C22H22N6O4S2. The van der Waals surface area contributed by atoms with Gasteiger partial charge in [-0.3, -0.25) is 0 Å². The average molecular weight is 499 g/mol. The molecule has 0 atom stereocenters. The Morgan fingerprint density at radius 1 is 1.09 bits per heavy atom. The number of carbonyl (C=O) groups is 1. The zero-order chi connectivity index (χ0) is 24.3. The topological polar surface area (TPSA) is 136 Å². The molecule has 0 aliphatic carbocycles. The Bertz CT molecular complexity index is 1420. The average Bonchev–Trinajstić information content (AvgIpc) is 3.16. The van der Waals surface area contributed by atoms with Gasteiger partial charge in [0.05, 0.1) is 16.9 Å². The van der Waals surface area contributed by atoms with Gasteiger partial charge in [-0.1, -0.05) is 13.8 Å². The van der Waals surface area contributed by atoms with E-state index in [0.29, 0.717) is 33.2 Å². The fourth-order valence-corrected chi connectivity index (χ4v) is 5.05. The van der Waals surface area contributed by atoms with Gasteiger partial charge in [-0.25, -0.2) is 37.9 Å². The molecule has 4 aromatic rings. The molecule has 176 valence electrons. The second kappa shape index (κ2) is 9.69. The number of aromatic nitrogens is 4. The number of esters is 1. The molecule has 0 fully saturated rings. The molecule has 0 saturated heterocycles. The zero-order valence-electron chi connectivity index (χ0n) is 18.6. The highest BCUT2D eigenvalue weighted by molar-refractivity contribution is 7.92. The molecule has 0 unspecified atom stereocenters. The first-order valence-electron chi connectivity index (χ1n) is 10.3. The van der Waals surface area contributed by atoms with Crippen LogP contribution in [0.15, 0.2) is 53.9 Å². The number of thiophene rings is 1. The van der Waals surface area contributed by atoms with Crippen molar-refractivity contribution < 1.29 is 17.9 Å². The first-order chi connectivity index (χ1) is 16.2. The normalized spacial score (nSPS) is 11.5. The molecule has 4 rings (SSSR count). The summed E-state index contributed by atoms with van der Waals surface area (Å²) < 4.78 is 32.9.